The molecule has 0 radical (unpaired) electrons. The number of hydrogen-bond acceptors (Lipinski definition) is 3. The second kappa shape index (κ2) is 4.91. The summed E-state index contributed by atoms with van der Waals surface area (Å²) in [5, 5.41) is 0. The third kappa shape index (κ3) is 5.61. The Labute approximate surface area is 62.8 Å². The maximum absolute atomic E-state index is 11.3. The molecular formula is C5H7F2O3P. The van der Waals surface area contributed by atoms with Gasteiger partial charge in [-0.15, -0.1) is 0 Å². The van der Waals surface area contributed by atoms with Crippen molar-refractivity contribution in [3.63, 3.8) is 0 Å². The summed E-state index contributed by atoms with van der Waals surface area (Å²) in [6.45, 7) is 1.08. The fraction of sp³-hybridized carbons (Fsp3) is 0.200. The van der Waals surface area contributed by atoms with Crippen LogP contribution in [0.25, 0.3) is 0 Å². The van der Waals surface area contributed by atoms with Crippen LogP contribution >= 0.6 is 7.60 Å². The van der Waals surface area contributed by atoms with E-state index in [1.807, 2.05) is 0 Å². The lowest BCUT2D eigenvalue weighted by Crippen LogP contribution is -1.81. The van der Waals surface area contributed by atoms with E-state index in [1.54, 1.807) is 0 Å². The standard InChI is InChI=1S/C5H7F2O3P/c1-11(8,9-4-2-6)10-5-3-7/h2-5H,1H3/b4-2+,5-3+. The first kappa shape index (κ1) is 10.2. The molecule has 0 bridgehead atoms. The van der Waals surface area contributed by atoms with Gasteiger partial charge in [0.1, 0.15) is 25.2 Å². The zero-order valence-electron chi connectivity index (χ0n) is 5.74. The molecule has 0 aromatic heterocycles. The molecule has 0 fully saturated rings. The van der Waals surface area contributed by atoms with Crippen LogP contribution in [-0.4, -0.2) is 6.66 Å². The van der Waals surface area contributed by atoms with Crippen LogP contribution in [0.15, 0.2) is 25.2 Å². The Morgan fingerprint density at radius 3 is 1.82 bits per heavy atom. The Bertz CT molecular complexity index is 184. The molecule has 0 atom stereocenters. The SMILES string of the molecule is CP(=O)(O/C=C/F)O/C=C/F. The fourth-order valence-corrected chi connectivity index (χ4v) is 0.876. The first-order valence-corrected chi connectivity index (χ1v) is 4.56. The summed E-state index contributed by atoms with van der Waals surface area (Å²) in [6.07, 6.45) is 1.23. The molecule has 3 nitrogen and oxygen atoms in total. The van der Waals surface area contributed by atoms with Gasteiger partial charge in [0.2, 0.25) is 0 Å². The second-order valence-electron chi connectivity index (χ2n) is 1.51. The molecule has 0 spiro atoms. The van der Waals surface area contributed by atoms with Crippen LogP contribution in [0, 0.1) is 0 Å². The third-order valence-electron chi connectivity index (χ3n) is 0.608. The molecule has 0 aliphatic carbocycles. The van der Waals surface area contributed by atoms with Gasteiger partial charge < -0.3 is 9.05 Å². The van der Waals surface area contributed by atoms with Crippen molar-refractivity contribution in [3.8, 4) is 0 Å². The second-order valence-corrected chi connectivity index (χ2v) is 3.47. The van der Waals surface area contributed by atoms with Gasteiger partial charge in [0.05, 0.1) is 6.66 Å². The van der Waals surface area contributed by atoms with Gasteiger partial charge in [0.25, 0.3) is 0 Å². The summed E-state index contributed by atoms with van der Waals surface area (Å²) < 4.78 is 41.9. The van der Waals surface area contributed by atoms with Crippen molar-refractivity contribution in [2.24, 2.45) is 0 Å². The maximum Gasteiger partial charge on any atom is 0.426 e. The van der Waals surface area contributed by atoms with E-state index in [2.05, 4.69) is 9.05 Å². The summed E-state index contributed by atoms with van der Waals surface area (Å²) in [7, 11) is -3.38. The lowest BCUT2D eigenvalue weighted by Gasteiger charge is -2.08. The quantitative estimate of drug-likeness (QED) is 0.497. The van der Waals surface area contributed by atoms with Gasteiger partial charge in [-0.05, 0) is 0 Å². The molecule has 0 saturated heterocycles. The van der Waals surface area contributed by atoms with E-state index in [1.165, 1.54) is 0 Å². The first-order valence-electron chi connectivity index (χ1n) is 2.57. The third-order valence-corrected chi connectivity index (χ3v) is 1.62. The lowest BCUT2D eigenvalue weighted by molar-refractivity contribution is 0.327. The molecule has 0 unspecified atom stereocenters. The van der Waals surface area contributed by atoms with E-state index in [0.29, 0.717) is 12.5 Å². The minimum absolute atomic E-state index is 0.0542. The highest BCUT2D eigenvalue weighted by Gasteiger charge is 2.14. The van der Waals surface area contributed by atoms with Crippen molar-refractivity contribution >= 4 is 7.60 Å². The largest absolute Gasteiger partial charge is 0.426 e. The van der Waals surface area contributed by atoms with Gasteiger partial charge in [0, 0.05) is 0 Å². The summed E-state index contributed by atoms with van der Waals surface area (Å²) in [6, 6.07) is 0. The topological polar surface area (TPSA) is 35.5 Å². The monoisotopic (exact) mass is 184 g/mol. The molecule has 0 heterocycles. The van der Waals surface area contributed by atoms with Gasteiger partial charge in [-0.3, -0.25) is 0 Å². The normalized spacial score (nSPS) is 12.6. The Morgan fingerprint density at radius 1 is 1.18 bits per heavy atom. The average Bonchev–Trinajstić information content (AvgIpc) is 1.97. The van der Waals surface area contributed by atoms with Crippen LogP contribution < -0.4 is 0 Å². The van der Waals surface area contributed by atoms with Crippen molar-refractivity contribution < 1.29 is 22.4 Å². The van der Waals surface area contributed by atoms with Crippen LogP contribution in [0.4, 0.5) is 8.78 Å². The molecule has 0 rings (SSSR count). The van der Waals surface area contributed by atoms with E-state index < -0.39 is 7.60 Å². The van der Waals surface area contributed by atoms with Gasteiger partial charge in [-0.25, -0.2) is 13.3 Å². The molecule has 0 aromatic carbocycles. The van der Waals surface area contributed by atoms with Gasteiger partial charge in [0.15, 0.2) is 0 Å². The minimum atomic E-state index is -3.38. The smallest absolute Gasteiger partial charge is 0.422 e. The van der Waals surface area contributed by atoms with Gasteiger partial charge in [-0.2, -0.15) is 0 Å². The van der Waals surface area contributed by atoms with Gasteiger partial charge >= 0.3 is 7.60 Å². The van der Waals surface area contributed by atoms with Crippen LogP contribution in [0.1, 0.15) is 0 Å². The molecule has 0 aromatic rings. The number of rotatable bonds is 4. The molecule has 0 saturated carbocycles. The van der Waals surface area contributed by atoms with Crippen molar-refractivity contribution in [1.82, 2.24) is 0 Å². The Morgan fingerprint density at radius 2 is 1.55 bits per heavy atom. The Kier molecular flexibility index (Phi) is 4.54. The maximum atomic E-state index is 11.3. The highest BCUT2D eigenvalue weighted by atomic mass is 31.2. The summed E-state index contributed by atoms with van der Waals surface area (Å²) in [5.41, 5.74) is 0. The Hall–Kier alpha value is -0.830. The molecule has 11 heavy (non-hydrogen) atoms. The van der Waals surface area contributed by atoms with Crippen molar-refractivity contribution in [2.45, 2.75) is 0 Å². The molecule has 0 N–H and O–H groups in total. The highest BCUT2D eigenvalue weighted by molar-refractivity contribution is 7.53. The van der Waals surface area contributed by atoms with E-state index in [-0.39, 0.29) is 12.7 Å². The summed E-state index contributed by atoms with van der Waals surface area (Å²) in [4.78, 5) is 0. The minimum Gasteiger partial charge on any atom is -0.422 e. The van der Waals surface area contributed by atoms with Crippen LogP contribution in [0.2, 0.25) is 0 Å². The number of halogens is 2. The molecule has 64 valence electrons. The van der Waals surface area contributed by atoms with E-state index >= 15 is 0 Å². The molecular weight excluding hydrogens is 177 g/mol. The molecule has 6 heteroatoms. The van der Waals surface area contributed by atoms with Crippen LogP contribution in [-0.2, 0) is 13.6 Å². The summed E-state index contributed by atoms with van der Waals surface area (Å²) >= 11 is 0. The predicted molar refractivity (Wildman–Crippen MR) is 36.2 cm³/mol. The zero-order chi connectivity index (χ0) is 8.74. The van der Waals surface area contributed by atoms with Crippen molar-refractivity contribution in [2.75, 3.05) is 6.66 Å². The molecule has 0 amide bonds. The average molecular weight is 184 g/mol. The zero-order valence-corrected chi connectivity index (χ0v) is 6.63. The van der Waals surface area contributed by atoms with Crippen LogP contribution in [0.5, 0.6) is 0 Å². The van der Waals surface area contributed by atoms with Crippen LogP contribution in [0.3, 0.4) is 0 Å². The van der Waals surface area contributed by atoms with E-state index in [9.17, 15) is 13.3 Å². The van der Waals surface area contributed by atoms with E-state index in [0.717, 1.165) is 6.66 Å². The lowest BCUT2D eigenvalue weighted by atomic mass is 11.1. The van der Waals surface area contributed by atoms with Crippen molar-refractivity contribution in [1.29, 1.82) is 0 Å². The van der Waals surface area contributed by atoms with E-state index in [4.69, 9.17) is 0 Å². The summed E-state index contributed by atoms with van der Waals surface area (Å²) in [5.74, 6) is 0. The first-order chi connectivity index (χ1) is 5.12. The van der Waals surface area contributed by atoms with Crippen molar-refractivity contribution in [3.05, 3.63) is 25.2 Å². The Balaban J connectivity index is 3.90. The highest BCUT2D eigenvalue weighted by Crippen LogP contribution is 2.44. The fourth-order valence-electron chi connectivity index (χ4n) is 0.292. The van der Waals surface area contributed by atoms with Gasteiger partial charge in [-0.1, -0.05) is 0 Å². The molecule has 0 aliphatic heterocycles. The molecule has 0 aliphatic rings. The number of hydrogen-bond donors (Lipinski definition) is 0. The predicted octanol–water partition coefficient (Wildman–Crippen LogP) is 2.72.